The minimum atomic E-state index is -0.804. The van der Waals surface area contributed by atoms with E-state index in [1.807, 2.05) is 0 Å². The van der Waals surface area contributed by atoms with Gasteiger partial charge in [-0.15, -0.1) is 11.3 Å². The maximum atomic E-state index is 11.8. The SMILES string of the molecule is CC(C(=O)OC(C)(C)C)C(=O)c1cscn1. The lowest BCUT2D eigenvalue weighted by molar-refractivity contribution is -0.157. The zero-order chi connectivity index (χ0) is 12.3. The Morgan fingerprint density at radius 3 is 2.50 bits per heavy atom. The van der Waals surface area contributed by atoms with Crippen molar-refractivity contribution in [2.45, 2.75) is 33.3 Å². The standard InChI is InChI=1S/C11H15NO3S/c1-7(10(14)15-11(2,3)4)9(13)8-5-16-6-12-8/h5-7H,1-4H3. The van der Waals surface area contributed by atoms with Crippen LogP contribution in [0, 0.1) is 5.92 Å². The van der Waals surface area contributed by atoms with Gasteiger partial charge in [-0.05, 0) is 27.7 Å². The molecule has 1 heterocycles. The van der Waals surface area contributed by atoms with Gasteiger partial charge in [0.25, 0.3) is 0 Å². The van der Waals surface area contributed by atoms with E-state index in [9.17, 15) is 9.59 Å². The van der Waals surface area contributed by atoms with Crippen molar-refractivity contribution in [3.05, 3.63) is 16.6 Å². The molecule has 0 aliphatic carbocycles. The molecule has 0 saturated carbocycles. The summed E-state index contributed by atoms with van der Waals surface area (Å²) in [5.74, 6) is -1.61. The van der Waals surface area contributed by atoms with Crippen molar-refractivity contribution >= 4 is 23.1 Å². The Hall–Kier alpha value is -1.23. The number of thiazole rings is 1. The number of aromatic nitrogens is 1. The second-order valence-corrected chi connectivity index (χ2v) is 5.21. The van der Waals surface area contributed by atoms with Gasteiger partial charge in [0.05, 0.1) is 5.51 Å². The van der Waals surface area contributed by atoms with Crippen molar-refractivity contribution in [3.8, 4) is 0 Å². The lowest BCUT2D eigenvalue weighted by Crippen LogP contribution is -2.31. The lowest BCUT2D eigenvalue weighted by Gasteiger charge is -2.21. The molecule has 5 heteroatoms. The number of ether oxygens (including phenoxy) is 1. The highest BCUT2D eigenvalue weighted by molar-refractivity contribution is 7.07. The van der Waals surface area contributed by atoms with Crippen LogP contribution in [0.5, 0.6) is 0 Å². The van der Waals surface area contributed by atoms with Gasteiger partial charge in [0, 0.05) is 5.38 Å². The Balaban J connectivity index is 2.68. The number of hydrogen-bond donors (Lipinski definition) is 0. The van der Waals surface area contributed by atoms with E-state index in [2.05, 4.69) is 4.98 Å². The van der Waals surface area contributed by atoms with Gasteiger partial charge >= 0.3 is 5.97 Å². The second-order valence-electron chi connectivity index (χ2n) is 4.49. The summed E-state index contributed by atoms with van der Waals surface area (Å²) >= 11 is 1.33. The molecule has 88 valence electrons. The van der Waals surface area contributed by atoms with Crippen LogP contribution in [0.4, 0.5) is 0 Å². The molecular weight excluding hydrogens is 226 g/mol. The summed E-state index contributed by atoms with van der Waals surface area (Å²) in [5.41, 5.74) is 1.31. The molecule has 1 aromatic rings. The number of carbonyl (C=O) groups is 2. The maximum absolute atomic E-state index is 11.8. The predicted molar refractivity (Wildman–Crippen MR) is 61.5 cm³/mol. The van der Waals surface area contributed by atoms with Gasteiger partial charge < -0.3 is 4.74 Å². The summed E-state index contributed by atoms with van der Waals surface area (Å²) < 4.78 is 5.13. The van der Waals surface area contributed by atoms with E-state index in [-0.39, 0.29) is 5.78 Å². The van der Waals surface area contributed by atoms with Crippen LogP contribution in [-0.4, -0.2) is 22.3 Å². The van der Waals surface area contributed by atoms with E-state index in [1.54, 1.807) is 31.7 Å². The molecule has 0 bridgehead atoms. The third-order valence-corrected chi connectivity index (χ3v) is 2.42. The van der Waals surface area contributed by atoms with Crippen LogP contribution in [0.1, 0.15) is 38.2 Å². The smallest absolute Gasteiger partial charge is 0.317 e. The molecule has 1 aromatic heterocycles. The molecule has 16 heavy (non-hydrogen) atoms. The summed E-state index contributed by atoms with van der Waals surface area (Å²) in [6.07, 6.45) is 0. The van der Waals surface area contributed by atoms with Gasteiger partial charge in [0.1, 0.15) is 17.2 Å². The topological polar surface area (TPSA) is 56.3 Å². The van der Waals surface area contributed by atoms with E-state index >= 15 is 0 Å². The van der Waals surface area contributed by atoms with E-state index in [4.69, 9.17) is 4.74 Å². The number of ketones is 1. The van der Waals surface area contributed by atoms with Gasteiger partial charge in [0.15, 0.2) is 5.78 Å². The highest BCUT2D eigenvalue weighted by Gasteiger charge is 2.28. The molecule has 0 amide bonds. The van der Waals surface area contributed by atoms with E-state index in [0.717, 1.165) is 0 Å². The van der Waals surface area contributed by atoms with Crippen molar-refractivity contribution in [2.75, 3.05) is 0 Å². The van der Waals surface area contributed by atoms with Gasteiger partial charge in [-0.3, -0.25) is 9.59 Å². The molecule has 4 nitrogen and oxygen atoms in total. The van der Waals surface area contributed by atoms with Crippen LogP contribution in [0.15, 0.2) is 10.9 Å². The fraction of sp³-hybridized carbons (Fsp3) is 0.545. The Morgan fingerprint density at radius 2 is 2.06 bits per heavy atom. The molecular formula is C11H15NO3S. The van der Waals surface area contributed by atoms with E-state index in [0.29, 0.717) is 5.69 Å². The zero-order valence-electron chi connectivity index (χ0n) is 9.81. The van der Waals surface area contributed by atoms with Crippen molar-refractivity contribution in [1.82, 2.24) is 4.98 Å². The highest BCUT2D eigenvalue weighted by Crippen LogP contribution is 2.15. The second kappa shape index (κ2) is 4.74. The lowest BCUT2D eigenvalue weighted by atomic mass is 10.0. The molecule has 0 radical (unpaired) electrons. The third-order valence-electron chi connectivity index (χ3n) is 1.84. The Bertz CT molecular complexity index is 378. The van der Waals surface area contributed by atoms with Crippen molar-refractivity contribution in [2.24, 2.45) is 5.92 Å². The number of hydrogen-bond acceptors (Lipinski definition) is 5. The molecule has 0 fully saturated rings. The molecule has 0 aromatic carbocycles. The maximum Gasteiger partial charge on any atom is 0.317 e. The Morgan fingerprint density at radius 1 is 1.44 bits per heavy atom. The first-order valence-corrected chi connectivity index (χ1v) is 5.91. The van der Waals surface area contributed by atoms with Crippen LogP contribution in [-0.2, 0) is 9.53 Å². The molecule has 1 atom stereocenters. The average molecular weight is 241 g/mol. The summed E-state index contributed by atoms with van der Waals surface area (Å²) in [7, 11) is 0. The Kier molecular flexibility index (Phi) is 3.80. The first kappa shape index (κ1) is 12.8. The van der Waals surface area contributed by atoms with Crippen LogP contribution < -0.4 is 0 Å². The third kappa shape index (κ3) is 3.41. The molecule has 0 aliphatic heterocycles. The molecule has 0 saturated heterocycles. The Labute approximate surface area is 98.6 Å². The van der Waals surface area contributed by atoms with Crippen LogP contribution in [0.3, 0.4) is 0 Å². The summed E-state index contributed by atoms with van der Waals surface area (Å²) in [4.78, 5) is 27.3. The number of esters is 1. The van der Waals surface area contributed by atoms with Gasteiger partial charge in [0.2, 0.25) is 0 Å². The fourth-order valence-electron chi connectivity index (χ4n) is 1.05. The van der Waals surface area contributed by atoms with Crippen LogP contribution in [0.25, 0.3) is 0 Å². The van der Waals surface area contributed by atoms with Crippen molar-refractivity contribution in [1.29, 1.82) is 0 Å². The molecule has 0 spiro atoms. The summed E-state index contributed by atoms with van der Waals surface area (Å²) in [6, 6.07) is 0. The number of Topliss-reactive ketones (excluding diaryl/α,β-unsaturated/α-hetero) is 1. The van der Waals surface area contributed by atoms with Crippen molar-refractivity contribution in [3.63, 3.8) is 0 Å². The highest BCUT2D eigenvalue weighted by atomic mass is 32.1. The predicted octanol–water partition coefficient (Wildman–Crippen LogP) is 2.30. The first-order valence-electron chi connectivity index (χ1n) is 4.96. The molecule has 1 rings (SSSR count). The van der Waals surface area contributed by atoms with E-state index < -0.39 is 17.5 Å². The van der Waals surface area contributed by atoms with Crippen molar-refractivity contribution < 1.29 is 14.3 Å². The normalized spacial score (nSPS) is 13.2. The number of carbonyl (C=O) groups excluding carboxylic acids is 2. The number of nitrogens with zero attached hydrogens (tertiary/aromatic N) is 1. The van der Waals surface area contributed by atoms with Gasteiger partial charge in [-0.25, -0.2) is 4.98 Å². The monoisotopic (exact) mass is 241 g/mol. The largest absolute Gasteiger partial charge is 0.459 e. The fourth-order valence-corrected chi connectivity index (χ4v) is 1.59. The van der Waals surface area contributed by atoms with Crippen LogP contribution in [0.2, 0.25) is 0 Å². The van der Waals surface area contributed by atoms with Gasteiger partial charge in [-0.2, -0.15) is 0 Å². The van der Waals surface area contributed by atoms with Crippen LogP contribution >= 0.6 is 11.3 Å². The molecule has 0 aliphatic rings. The first-order chi connectivity index (χ1) is 7.31. The van der Waals surface area contributed by atoms with Gasteiger partial charge in [-0.1, -0.05) is 0 Å². The molecule has 1 unspecified atom stereocenters. The van der Waals surface area contributed by atoms with E-state index in [1.165, 1.54) is 18.3 Å². The summed E-state index contributed by atoms with van der Waals surface area (Å²) in [6.45, 7) is 6.84. The zero-order valence-corrected chi connectivity index (χ0v) is 10.6. The quantitative estimate of drug-likeness (QED) is 0.463. The summed E-state index contributed by atoms with van der Waals surface area (Å²) in [5, 5.41) is 1.63. The minimum Gasteiger partial charge on any atom is -0.459 e. The minimum absolute atomic E-state index is 0.296. The molecule has 0 N–H and O–H groups in total. The average Bonchev–Trinajstić information content (AvgIpc) is 2.65. The number of rotatable bonds is 3.